The van der Waals surface area contributed by atoms with Crippen molar-refractivity contribution in [3.8, 4) is 11.6 Å². The number of nitrogens with two attached hydrogens (primary N) is 1. The molecule has 2 N–H and O–H groups in total. The lowest BCUT2D eigenvalue weighted by atomic mass is 10.3. The number of halogens is 3. The lowest BCUT2D eigenvalue weighted by Gasteiger charge is -2.08. The number of aromatic nitrogens is 1. The third kappa shape index (κ3) is 3.14. The van der Waals surface area contributed by atoms with E-state index in [0.29, 0.717) is 32.7 Å². The Kier molecular flexibility index (Phi) is 4.45. The van der Waals surface area contributed by atoms with Crippen molar-refractivity contribution < 1.29 is 4.74 Å². The molecule has 3 nitrogen and oxygen atoms in total. The lowest BCUT2D eigenvalue weighted by molar-refractivity contribution is 0.462. The Morgan fingerprint density at radius 1 is 1.22 bits per heavy atom. The zero-order valence-electron chi connectivity index (χ0n) is 9.16. The fourth-order valence-electron chi connectivity index (χ4n) is 1.29. The first-order valence-electron chi connectivity index (χ1n) is 5.07. The fourth-order valence-corrected chi connectivity index (χ4v) is 2.12. The molecule has 0 bridgehead atoms. The van der Waals surface area contributed by atoms with Gasteiger partial charge in [-0.3, -0.25) is 0 Å². The van der Waals surface area contributed by atoms with Gasteiger partial charge < -0.3 is 10.5 Å². The van der Waals surface area contributed by atoms with Gasteiger partial charge in [-0.05, 0) is 27.6 Å². The van der Waals surface area contributed by atoms with Crippen LogP contribution in [0.3, 0.4) is 0 Å². The summed E-state index contributed by atoms with van der Waals surface area (Å²) < 4.78 is 6.27. The molecule has 2 rings (SSSR count). The molecule has 94 valence electrons. The van der Waals surface area contributed by atoms with Crippen LogP contribution in [0, 0.1) is 0 Å². The van der Waals surface area contributed by atoms with E-state index in [9.17, 15) is 0 Å². The van der Waals surface area contributed by atoms with E-state index in [1.807, 2.05) is 6.07 Å². The molecule has 0 aliphatic rings. The SMILES string of the molecule is NCc1ccc(Oc2cc(Cl)c(Br)cc2Cl)nc1. The van der Waals surface area contributed by atoms with Crippen molar-refractivity contribution >= 4 is 39.1 Å². The molecule has 0 amide bonds. The smallest absolute Gasteiger partial charge is 0.219 e. The van der Waals surface area contributed by atoms with E-state index in [0.717, 1.165) is 5.56 Å². The van der Waals surface area contributed by atoms with Crippen LogP contribution in [0.4, 0.5) is 0 Å². The largest absolute Gasteiger partial charge is 0.437 e. The van der Waals surface area contributed by atoms with E-state index in [-0.39, 0.29) is 0 Å². The summed E-state index contributed by atoms with van der Waals surface area (Å²) in [6.07, 6.45) is 1.66. The van der Waals surface area contributed by atoms with E-state index in [1.54, 1.807) is 24.4 Å². The molecule has 0 atom stereocenters. The minimum atomic E-state index is 0.437. The highest BCUT2D eigenvalue weighted by Crippen LogP contribution is 2.35. The third-order valence-corrected chi connectivity index (χ3v) is 3.72. The minimum absolute atomic E-state index is 0.437. The molecule has 0 aliphatic carbocycles. The molecule has 2 aromatic rings. The highest BCUT2D eigenvalue weighted by molar-refractivity contribution is 9.10. The molecule has 0 spiro atoms. The molecule has 0 radical (unpaired) electrons. The van der Waals surface area contributed by atoms with Crippen molar-refractivity contribution in [1.82, 2.24) is 4.98 Å². The molecule has 0 fully saturated rings. The average Bonchev–Trinajstić information content (AvgIpc) is 2.37. The second-order valence-electron chi connectivity index (χ2n) is 3.51. The molecule has 6 heteroatoms. The number of benzene rings is 1. The number of nitrogens with zero attached hydrogens (tertiary/aromatic N) is 1. The van der Waals surface area contributed by atoms with Crippen LogP contribution < -0.4 is 10.5 Å². The Morgan fingerprint density at radius 2 is 2.00 bits per heavy atom. The van der Waals surface area contributed by atoms with E-state index < -0.39 is 0 Å². The van der Waals surface area contributed by atoms with Gasteiger partial charge >= 0.3 is 0 Å². The summed E-state index contributed by atoms with van der Waals surface area (Å²) >= 11 is 15.3. The molecule has 0 saturated carbocycles. The van der Waals surface area contributed by atoms with Gasteiger partial charge in [0.05, 0.1) is 10.0 Å². The van der Waals surface area contributed by atoms with Crippen LogP contribution in [0.2, 0.25) is 10.0 Å². The predicted octanol–water partition coefficient (Wildman–Crippen LogP) is 4.40. The van der Waals surface area contributed by atoms with E-state index >= 15 is 0 Å². The van der Waals surface area contributed by atoms with E-state index in [2.05, 4.69) is 20.9 Å². The molecule has 1 aromatic heterocycles. The number of pyridine rings is 1. The van der Waals surface area contributed by atoms with Crippen LogP contribution in [-0.4, -0.2) is 4.98 Å². The maximum absolute atomic E-state index is 6.05. The lowest BCUT2D eigenvalue weighted by Crippen LogP contribution is -1.97. The Labute approximate surface area is 123 Å². The van der Waals surface area contributed by atoms with Gasteiger partial charge in [-0.15, -0.1) is 0 Å². The van der Waals surface area contributed by atoms with Gasteiger partial charge in [0.1, 0.15) is 5.75 Å². The molecule has 0 saturated heterocycles. The summed E-state index contributed by atoms with van der Waals surface area (Å²) in [7, 11) is 0. The van der Waals surface area contributed by atoms with Crippen LogP contribution in [-0.2, 0) is 6.54 Å². The highest BCUT2D eigenvalue weighted by Gasteiger charge is 2.08. The quantitative estimate of drug-likeness (QED) is 0.837. The summed E-state index contributed by atoms with van der Waals surface area (Å²) in [6.45, 7) is 0.443. The Morgan fingerprint density at radius 3 is 2.61 bits per heavy atom. The van der Waals surface area contributed by atoms with Gasteiger partial charge in [0.15, 0.2) is 0 Å². The Balaban J connectivity index is 2.25. The van der Waals surface area contributed by atoms with Gasteiger partial charge in [-0.1, -0.05) is 29.3 Å². The number of hydrogen-bond acceptors (Lipinski definition) is 3. The van der Waals surface area contributed by atoms with Gasteiger partial charge in [0.25, 0.3) is 0 Å². The maximum Gasteiger partial charge on any atom is 0.219 e. The van der Waals surface area contributed by atoms with Gasteiger partial charge in [-0.25, -0.2) is 4.98 Å². The number of rotatable bonds is 3. The standard InChI is InChI=1S/C12H9BrCl2N2O/c13-8-3-10(15)11(4-9(8)14)18-12-2-1-7(5-16)6-17-12/h1-4,6H,5,16H2. The molecule has 18 heavy (non-hydrogen) atoms. The van der Waals surface area contributed by atoms with Gasteiger partial charge in [0.2, 0.25) is 5.88 Å². The fraction of sp³-hybridized carbons (Fsp3) is 0.0833. The second kappa shape index (κ2) is 5.89. The van der Waals surface area contributed by atoms with Crippen molar-refractivity contribution in [2.75, 3.05) is 0 Å². The summed E-state index contributed by atoms with van der Waals surface area (Å²) in [5, 5.41) is 0.976. The monoisotopic (exact) mass is 346 g/mol. The summed E-state index contributed by atoms with van der Waals surface area (Å²) in [5.41, 5.74) is 6.42. The Bertz CT molecular complexity index is 561. The van der Waals surface area contributed by atoms with Gasteiger partial charge in [-0.2, -0.15) is 0 Å². The van der Waals surface area contributed by atoms with Crippen molar-refractivity contribution in [3.63, 3.8) is 0 Å². The second-order valence-corrected chi connectivity index (χ2v) is 5.18. The predicted molar refractivity (Wildman–Crippen MR) is 76.4 cm³/mol. The summed E-state index contributed by atoms with van der Waals surface area (Å²) in [5.74, 6) is 0.894. The molecule has 1 aromatic carbocycles. The van der Waals surface area contributed by atoms with Crippen molar-refractivity contribution in [2.45, 2.75) is 6.54 Å². The minimum Gasteiger partial charge on any atom is -0.437 e. The van der Waals surface area contributed by atoms with Gasteiger partial charge in [0, 0.05) is 29.3 Å². The van der Waals surface area contributed by atoms with E-state index in [1.165, 1.54) is 0 Å². The molecular weight excluding hydrogens is 339 g/mol. The summed E-state index contributed by atoms with van der Waals surface area (Å²) in [6, 6.07) is 6.88. The first-order valence-corrected chi connectivity index (χ1v) is 6.62. The van der Waals surface area contributed by atoms with Crippen LogP contribution in [0.1, 0.15) is 5.56 Å². The van der Waals surface area contributed by atoms with Crippen molar-refractivity contribution in [1.29, 1.82) is 0 Å². The van der Waals surface area contributed by atoms with Crippen molar-refractivity contribution in [2.24, 2.45) is 5.73 Å². The zero-order chi connectivity index (χ0) is 13.1. The third-order valence-electron chi connectivity index (χ3n) is 2.22. The number of ether oxygens (including phenoxy) is 1. The summed E-state index contributed by atoms with van der Waals surface area (Å²) in [4.78, 5) is 4.12. The molecule has 0 unspecified atom stereocenters. The van der Waals surface area contributed by atoms with Crippen LogP contribution in [0.15, 0.2) is 34.9 Å². The molecular formula is C12H9BrCl2N2O. The number of hydrogen-bond donors (Lipinski definition) is 1. The first kappa shape index (κ1) is 13.6. The van der Waals surface area contributed by atoms with Crippen LogP contribution in [0.5, 0.6) is 11.6 Å². The zero-order valence-corrected chi connectivity index (χ0v) is 12.3. The van der Waals surface area contributed by atoms with Crippen LogP contribution in [0.25, 0.3) is 0 Å². The van der Waals surface area contributed by atoms with E-state index in [4.69, 9.17) is 33.7 Å². The first-order chi connectivity index (χ1) is 8.60. The topological polar surface area (TPSA) is 48.1 Å². The molecule has 1 heterocycles. The average molecular weight is 348 g/mol. The maximum atomic E-state index is 6.05. The van der Waals surface area contributed by atoms with Crippen LogP contribution >= 0.6 is 39.1 Å². The highest BCUT2D eigenvalue weighted by atomic mass is 79.9. The van der Waals surface area contributed by atoms with Crippen molar-refractivity contribution in [3.05, 3.63) is 50.5 Å². The Hall–Kier alpha value is -0.810. The normalized spacial score (nSPS) is 10.4. The molecule has 0 aliphatic heterocycles.